The number of hydrogen-bond acceptors (Lipinski definition) is 1. The van der Waals surface area contributed by atoms with Gasteiger partial charge >= 0.3 is 0 Å². The Morgan fingerprint density at radius 3 is 2.62 bits per heavy atom. The van der Waals surface area contributed by atoms with Crippen LogP contribution in [0.3, 0.4) is 0 Å². The zero-order valence-electron chi connectivity index (χ0n) is 8.39. The molecule has 2 heteroatoms. The van der Waals surface area contributed by atoms with Crippen LogP contribution in [0.2, 0.25) is 0 Å². The first-order valence-electron chi connectivity index (χ1n) is 4.40. The second-order valence-corrected chi connectivity index (χ2v) is 4.19. The third-order valence-corrected chi connectivity index (χ3v) is 1.65. The molecule has 0 aromatic carbocycles. The molecule has 2 nitrogen and oxygen atoms in total. The van der Waals surface area contributed by atoms with E-state index < -0.39 is 0 Å². The van der Waals surface area contributed by atoms with Crippen LogP contribution in [0.5, 0.6) is 0 Å². The van der Waals surface area contributed by atoms with Crippen LogP contribution in [0.1, 0.15) is 20.8 Å². The van der Waals surface area contributed by atoms with Crippen LogP contribution < -0.4 is 10.6 Å². The Labute approximate surface area is 78.5 Å². The van der Waals surface area contributed by atoms with Crippen molar-refractivity contribution in [2.45, 2.75) is 20.8 Å². The normalized spacial score (nSPS) is 15.0. The molecule has 13 heavy (non-hydrogen) atoms. The molecule has 0 amide bonds. The number of H-pyrrole nitrogens is 1. The zero-order chi connectivity index (χ0) is 9.90. The molecule has 0 saturated heterocycles. The summed E-state index contributed by atoms with van der Waals surface area (Å²) in [6.07, 6.45) is 7.15. The van der Waals surface area contributed by atoms with E-state index in [4.69, 9.17) is 5.41 Å². The summed E-state index contributed by atoms with van der Waals surface area (Å²) in [5.41, 5.74) is 0.173. The van der Waals surface area contributed by atoms with Crippen molar-refractivity contribution in [3.63, 3.8) is 0 Å². The van der Waals surface area contributed by atoms with Gasteiger partial charge < -0.3 is 10.4 Å². The van der Waals surface area contributed by atoms with Crippen LogP contribution in [0, 0.1) is 10.8 Å². The summed E-state index contributed by atoms with van der Waals surface area (Å²) in [7, 11) is 0. The summed E-state index contributed by atoms with van der Waals surface area (Å²) in [6.45, 7) is 6.48. The lowest BCUT2D eigenvalue weighted by Crippen LogP contribution is -2.24. The standard InChI is InChI=1S/C11H16N2/c1-11(2,3)8-9-5-7-13-10(9)4-6-12/h4-8,12-13H,1-3H3/b9-8-,10-4+,12-6?. The van der Waals surface area contributed by atoms with Crippen LogP contribution in [0.25, 0.3) is 12.2 Å². The molecule has 0 atom stereocenters. The zero-order valence-corrected chi connectivity index (χ0v) is 8.39. The first-order chi connectivity index (χ1) is 6.03. The summed E-state index contributed by atoms with van der Waals surface area (Å²) < 4.78 is 0. The molecule has 0 fully saturated rings. The van der Waals surface area contributed by atoms with Crippen molar-refractivity contribution in [3.8, 4) is 0 Å². The van der Waals surface area contributed by atoms with Gasteiger partial charge in [0.1, 0.15) is 0 Å². The van der Waals surface area contributed by atoms with Crippen LogP contribution >= 0.6 is 0 Å². The Bertz CT molecular complexity index is 390. The lowest BCUT2D eigenvalue weighted by atomic mass is 9.95. The summed E-state index contributed by atoms with van der Waals surface area (Å²) in [5.74, 6) is 0. The van der Waals surface area contributed by atoms with Crippen LogP contribution in [0.15, 0.2) is 12.3 Å². The van der Waals surface area contributed by atoms with Gasteiger partial charge in [-0.3, -0.25) is 0 Å². The Kier molecular flexibility index (Phi) is 2.71. The molecule has 0 bridgehead atoms. The fourth-order valence-corrected chi connectivity index (χ4v) is 1.21. The molecule has 0 radical (unpaired) electrons. The minimum Gasteiger partial charge on any atom is -0.361 e. The van der Waals surface area contributed by atoms with Gasteiger partial charge in [-0.1, -0.05) is 26.8 Å². The first kappa shape index (κ1) is 9.78. The lowest BCUT2D eigenvalue weighted by Gasteiger charge is -2.10. The lowest BCUT2D eigenvalue weighted by molar-refractivity contribution is 0.584. The van der Waals surface area contributed by atoms with Gasteiger partial charge in [0.05, 0.1) is 0 Å². The highest BCUT2D eigenvalue weighted by Gasteiger charge is 2.04. The maximum absolute atomic E-state index is 6.99. The molecule has 1 rings (SSSR count). The second kappa shape index (κ2) is 3.60. The quantitative estimate of drug-likeness (QED) is 0.605. The van der Waals surface area contributed by atoms with E-state index >= 15 is 0 Å². The topological polar surface area (TPSA) is 39.6 Å². The average molecular weight is 176 g/mol. The summed E-state index contributed by atoms with van der Waals surface area (Å²) in [5, 5.41) is 9.16. The third-order valence-electron chi connectivity index (χ3n) is 1.65. The van der Waals surface area contributed by atoms with Gasteiger partial charge in [-0.2, -0.15) is 0 Å². The molecule has 0 unspecified atom stereocenters. The average Bonchev–Trinajstić information content (AvgIpc) is 2.34. The molecule has 2 N–H and O–H groups in total. The Hall–Kier alpha value is -1.31. The Balaban J connectivity index is 3.31. The van der Waals surface area contributed by atoms with Crippen molar-refractivity contribution < 1.29 is 0 Å². The molecule has 1 aromatic rings. The monoisotopic (exact) mass is 176 g/mol. The van der Waals surface area contributed by atoms with Gasteiger partial charge in [0.15, 0.2) is 0 Å². The van der Waals surface area contributed by atoms with E-state index in [9.17, 15) is 0 Å². The van der Waals surface area contributed by atoms with Crippen LogP contribution in [0.4, 0.5) is 0 Å². The van der Waals surface area contributed by atoms with Crippen molar-refractivity contribution >= 4 is 18.4 Å². The van der Waals surface area contributed by atoms with Crippen LogP contribution in [-0.2, 0) is 0 Å². The van der Waals surface area contributed by atoms with E-state index in [1.165, 1.54) is 6.21 Å². The molecule has 0 saturated carbocycles. The molecule has 1 aromatic heterocycles. The minimum atomic E-state index is 0.173. The number of hydrogen-bond donors (Lipinski definition) is 2. The largest absolute Gasteiger partial charge is 0.361 e. The van der Waals surface area contributed by atoms with E-state index in [0.717, 1.165) is 10.6 Å². The highest BCUT2D eigenvalue weighted by Crippen LogP contribution is 2.13. The predicted molar refractivity (Wildman–Crippen MR) is 57.2 cm³/mol. The third kappa shape index (κ3) is 2.90. The van der Waals surface area contributed by atoms with Crippen molar-refractivity contribution in [3.05, 3.63) is 22.8 Å². The van der Waals surface area contributed by atoms with Gasteiger partial charge in [0, 0.05) is 17.8 Å². The first-order valence-corrected chi connectivity index (χ1v) is 4.40. The SMILES string of the molecule is CC(C)(C)/C=c1/cc[nH]/c1=C/C=N. The Morgan fingerprint density at radius 1 is 1.38 bits per heavy atom. The summed E-state index contributed by atoms with van der Waals surface area (Å²) in [4.78, 5) is 3.09. The highest BCUT2D eigenvalue weighted by molar-refractivity contribution is 5.88. The van der Waals surface area contributed by atoms with E-state index in [1.807, 2.05) is 12.3 Å². The fraction of sp³-hybridized carbons (Fsp3) is 0.364. The van der Waals surface area contributed by atoms with Crippen LogP contribution in [-0.4, -0.2) is 11.2 Å². The highest BCUT2D eigenvalue weighted by atomic mass is 14.6. The van der Waals surface area contributed by atoms with Gasteiger partial charge in [-0.15, -0.1) is 0 Å². The Morgan fingerprint density at radius 2 is 2.08 bits per heavy atom. The van der Waals surface area contributed by atoms with Crippen molar-refractivity contribution in [2.75, 3.05) is 0 Å². The maximum atomic E-state index is 6.99. The fourth-order valence-electron chi connectivity index (χ4n) is 1.21. The number of rotatable bonds is 1. The smallest absolute Gasteiger partial charge is 0.0466 e. The van der Waals surface area contributed by atoms with Gasteiger partial charge in [0.25, 0.3) is 0 Å². The number of aromatic amines is 1. The molecule has 1 heterocycles. The van der Waals surface area contributed by atoms with Crippen molar-refractivity contribution in [1.82, 2.24) is 4.98 Å². The van der Waals surface area contributed by atoms with E-state index in [-0.39, 0.29) is 5.41 Å². The maximum Gasteiger partial charge on any atom is 0.0466 e. The molecular formula is C11H16N2. The molecule has 0 spiro atoms. The molecule has 70 valence electrons. The molecule has 0 aliphatic carbocycles. The predicted octanol–water partition coefficient (Wildman–Crippen LogP) is 1.27. The molecule has 0 aliphatic heterocycles. The van der Waals surface area contributed by atoms with Crippen molar-refractivity contribution in [1.29, 1.82) is 5.41 Å². The van der Waals surface area contributed by atoms with Crippen molar-refractivity contribution in [2.24, 2.45) is 5.41 Å². The van der Waals surface area contributed by atoms with E-state index in [0.29, 0.717) is 0 Å². The number of aromatic nitrogens is 1. The van der Waals surface area contributed by atoms with Gasteiger partial charge in [-0.05, 0) is 22.8 Å². The molecular weight excluding hydrogens is 160 g/mol. The second-order valence-electron chi connectivity index (χ2n) is 4.19. The van der Waals surface area contributed by atoms with Gasteiger partial charge in [-0.25, -0.2) is 0 Å². The summed E-state index contributed by atoms with van der Waals surface area (Å²) in [6, 6.07) is 2.03. The minimum absolute atomic E-state index is 0.173. The molecule has 0 aliphatic rings. The van der Waals surface area contributed by atoms with E-state index in [1.54, 1.807) is 6.08 Å². The van der Waals surface area contributed by atoms with Gasteiger partial charge in [0.2, 0.25) is 0 Å². The van der Waals surface area contributed by atoms with E-state index in [2.05, 4.69) is 31.8 Å². The summed E-state index contributed by atoms with van der Waals surface area (Å²) >= 11 is 0. The number of nitrogens with one attached hydrogen (secondary N) is 2.